The molecule has 1 aliphatic heterocycles. The van der Waals surface area contributed by atoms with Crippen molar-refractivity contribution >= 4 is 39.3 Å². The maximum absolute atomic E-state index is 13.9. The van der Waals surface area contributed by atoms with Gasteiger partial charge in [-0.05, 0) is 42.8 Å². The SMILES string of the molecule is COC(=O)c1sc(N2C(=O)c3oc4ccc(F)cc4c(=O)c3[C@H]2c2ccc(OC)cc2)nc1C. The van der Waals surface area contributed by atoms with Crippen LogP contribution < -0.4 is 15.1 Å². The number of hydrogen-bond donors (Lipinski definition) is 0. The number of aromatic nitrogens is 1. The molecular formula is C24H17FN2O6S. The van der Waals surface area contributed by atoms with Crippen LogP contribution in [0.4, 0.5) is 9.52 Å². The lowest BCUT2D eigenvalue weighted by atomic mass is 9.98. The fraction of sp³-hybridized carbons (Fsp3) is 0.167. The number of hydrogen-bond acceptors (Lipinski definition) is 8. The summed E-state index contributed by atoms with van der Waals surface area (Å²) in [5.74, 6) is -1.34. The third-order valence-electron chi connectivity index (χ3n) is 5.63. The summed E-state index contributed by atoms with van der Waals surface area (Å²) in [4.78, 5) is 45.2. The Balaban J connectivity index is 1.77. The number of carbonyl (C=O) groups excluding carboxylic acids is 2. The molecule has 1 aliphatic rings. The number of carbonyl (C=O) groups is 2. The molecule has 0 radical (unpaired) electrons. The molecule has 172 valence electrons. The Bertz CT molecular complexity index is 1530. The van der Waals surface area contributed by atoms with Crippen molar-refractivity contribution in [2.45, 2.75) is 13.0 Å². The molecule has 0 bridgehead atoms. The molecule has 2 aromatic carbocycles. The molecule has 1 atom stereocenters. The normalized spacial score (nSPS) is 15.0. The molecule has 0 spiro atoms. The van der Waals surface area contributed by atoms with Gasteiger partial charge < -0.3 is 13.9 Å². The highest BCUT2D eigenvalue weighted by Gasteiger charge is 2.45. The molecule has 5 rings (SSSR count). The van der Waals surface area contributed by atoms with Crippen LogP contribution in [0.1, 0.15) is 43.1 Å². The van der Waals surface area contributed by atoms with Gasteiger partial charge in [-0.25, -0.2) is 14.2 Å². The highest BCUT2D eigenvalue weighted by atomic mass is 32.1. The molecule has 8 nitrogen and oxygen atoms in total. The number of aryl methyl sites for hydroxylation is 1. The van der Waals surface area contributed by atoms with Crippen molar-refractivity contribution in [3.63, 3.8) is 0 Å². The fourth-order valence-electron chi connectivity index (χ4n) is 4.01. The van der Waals surface area contributed by atoms with Crippen LogP contribution in [0.2, 0.25) is 0 Å². The van der Waals surface area contributed by atoms with Crippen molar-refractivity contribution in [1.82, 2.24) is 4.98 Å². The van der Waals surface area contributed by atoms with Gasteiger partial charge >= 0.3 is 5.97 Å². The van der Waals surface area contributed by atoms with Gasteiger partial charge in [-0.15, -0.1) is 0 Å². The van der Waals surface area contributed by atoms with E-state index in [1.165, 1.54) is 25.2 Å². The van der Waals surface area contributed by atoms with Gasteiger partial charge in [0.1, 0.15) is 22.0 Å². The van der Waals surface area contributed by atoms with E-state index in [0.29, 0.717) is 17.0 Å². The first-order valence-corrected chi connectivity index (χ1v) is 10.9. The average Bonchev–Trinajstić information content (AvgIpc) is 3.36. The summed E-state index contributed by atoms with van der Waals surface area (Å²) < 4.78 is 29.8. The Morgan fingerprint density at radius 2 is 1.88 bits per heavy atom. The number of benzene rings is 2. The van der Waals surface area contributed by atoms with Crippen LogP contribution in [0.3, 0.4) is 0 Å². The Labute approximate surface area is 196 Å². The molecule has 0 saturated heterocycles. The number of ether oxygens (including phenoxy) is 2. The second kappa shape index (κ2) is 8.07. The monoisotopic (exact) mass is 480 g/mol. The zero-order valence-electron chi connectivity index (χ0n) is 18.2. The highest BCUT2D eigenvalue weighted by molar-refractivity contribution is 7.17. The van der Waals surface area contributed by atoms with Gasteiger partial charge in [0.05, 0.1) is 36.9 Å². The summed E-state index contributed by atoms with van der Waals surface area (Å²) in [6.45, 7) is 1.63. The number of fused-ring (bicyclic) bond motifs is 2. The lowest BCUT2D eigenvalue weighted by Gasteiger charge is -2.22. The molecular weight excluding hydrogens is 463 g/mol. The molecule has 10 heteroatoms. The van der Waals surface area contributed by atoms with E-state index in [9.17, 15) is 18.8 Å². The number of halogens is 1. The fourth-order valence-corrected chi connectivity index (χ4v) is 5.02. The van der Waals surface area contributed by atoms with E-state index >= 15 is 0 Å². The molecule has 0 fully saturated rings. The number of amides is 1. The Hall–Kier alpha value is -4.05. The third kappa shape index (κ3) is 3.26. The van der Waals surface area contributed by atoms with E-state index in [-0.39, 0.29) is 32.3 Å². The first kappa shape index (κ1) is 21.8. The minimum absolute atomic E-state index is 0.0254. The van der Waals surface area contributed by atoms with Crippen molar-refractivity contribution in [3.8, 4) is 5.75 Å². The Kier molecular flexibility index (Phi) is 5.17. The number of thiazole rings is 1. The predicted molar refractivity (Wildman–Crippen MR) is 122 cm³/mol. The van der Waals surface area contributed by atoms with Crippen LogP contribution in [0.5, 0.6) is 5.75 Å². The van der Waals surface area contributed by atoms with Crippen LogP contribution in [0.15, 0.2) is 51.7 Å². The van der Waals surface area contributed by atoms with E-state index in [1.54, 1.807) is 31.2 Å². The molecule has 4 aromatic rings. The van der Waals surface area contributed by atoms with Crippen LogP contribution in [-0.2, 0) is 4.74 Å². The maximum Gasteiger partial charge on any atom is 0.350 e. The van der Waals surface area contributed by atoms with Crippen molar-refractivity contribution in [2.24, 2.45) is 0 Å². The summed E-state index contributed by atoms with van der Waals surface area (Å²) in [5, 5.41) is 0.224. The number of esters is 1. The zero-order chi connectivity index (χ0) is 24.1. The second-order valence-corrected chi connectivity index (χ2v) is 8.55. The van der Waals surface area contributed by atoms with Gasteiger partial charge in [0.25, 0.3) is 5.91 Å². The quantitative estimate of drug-likeness (QED) is 0.403. The molecule has 0 N–H and O–H groups in total. The maximum atomic E-state index is 13.9. The molecule has 0 unspecified atom stereocenters. The Morgan fingerprint density at radius 3 is 2.56 bits per heavy atom. The Morgan fingerprint density at radius 1 is 1.15 bits per heavy atom. The first-order chi connectivity index (χ1) is 16.3. The lowest BCUT2D eigenvalue weighted by molar-refractivity contribution is 0.0605. The van der Waals surface area contributed by atoms with Crippen molar-refractivity contribution < 1.29 is 27.9 Å². The summed E-state index contributed by atoms with van der Waals surface area (Å²) in [6, 6.07) is 9.48. The minimum atomic E-state index is -0.909. The van der Waals surface area contributed by atoms with Gasteiger partial charge in [0.15, 0.2) is 10.6 Å². The first-order valence-electron chi connectivity index (χ1n) is 10.1. The predicted octanol–water partition coefficient (Wildman–Crippen LogP) is 4.24. The number of anilines is 1. The third-order valence-corrected chi connectivity index (χ3v) is 6.76. The van der Waals surface area contributed by atoms with Crippen molar-refractivity contribution in [3.05, 3.63) is 86.0 Å². The topological polar surface area (TPSA) is 98.9 Å². The van der Waals surface area contributed by atoms with Crippen LogP contribution >= 0.6 is 11.3 Å². The van der Waals surface area contributed by atoms with Gasteiger partial charge in [0, 0.05) is 0 Å². The smallest absolute Gasteiger partial charge is 0.350 e. The van der Waals surface area contributed by atoms with Crippen molar-refractivity contribution in [1.29, 1.82) is 0 Å². The number of methoxy groups -OCH3 is 2. The zero-order valence-corrected chi connectivity index (χ0v) is 19.1. The van der Waals surface area contributed by atoms with Crippen LogP contribution in [0, 0.1) is 12.7 Å². The molecule has 3 heterocycles. The molecule has 1 amide bonds. The average molecular weight is 480 g/mol. The van der Waals surface area contributed by atoms with Crippen LogP contribution in [-0.4, -0.2) is 31.1 Å². The largest absolute Gasteiger partial charge is 0.497 e. The van der Waals surface area contributed by atoms with E-state index in [1.807, 2.05) is 0 Å². The van der Waals surface area contributed by atoms with Crippen LogP contribution in [0.25, 0.3) is 11.0 Å². The van der Waals surface area contributed by atoms with Crippen molar-refractivity contribution in [2.75, 3.05) is 19.1 Å². The summed E-state index contributed by atoms with van der Waals surface area (Å²) in [5.41, 5.74) is 0.619. The molecule has 0 saturated carbocycles. The van der Waals surface area contributed by atoms with E-state index < -0.39 is 29.2 Å². The standard InChI is InChI=1S/C24H17FN2O6S/c1-11-21(23(30)32-3)34-24(26-11)27-18(12-4-7-14(31-2)8-5-12)17-19(28)15-10-13(25)6-9-16(15)33-20(17)22(27)29/h4-10,18H,1-3H3/t18-/m1/s1. The summed E-state index contributed by atoms with van der Waals surface area (Å²) >= 11 is 0.974. The number of nitrogens with zero attached hydrogens (tertiary/aromatic N) is 2. The molecule has 2 aromatic heterocycles. The van der Waals surface area contributed by atoms with Gasteiger partial charge in [0.2, 0.25) is 5.76 Å². The van der Waals surface area contributed by atoms with E-state index in [0.717, 1.165) is 23.5 Å². The number of rotatable bonds is 4. The van der Waals surface area contributed by atoms with E-state index in [2.05, 4.69) is 4.98 Å². The second-order valence-electron chi connectivity index (χ2n) is 7.57. The van der Waals surface area contributed by atoms with Gasteiger partial charge in [-0.1, -0.05) is 23.5 Å². The van der Waals surface area contributed by atoms with Gasteiger partial charge in [-0.2, -0.15) is 0 Å². The summed E-state index contributed by atoms with van der Waals surface area (Å²) in [7, 11) is 2.78. The van der Waals surface area contributed by atoms with Gasteiger partial charge in [-0.3, -0.25) is 14.5 Å². The summed E-state index contributed by atoms with van der Waals surface area (Å²) in [6.07, 6.45) is 0. The highest BCUT2D eigenvalue weighted by Crippen LogP contribution is 2.43. The molecule has 34 heavy (non-hydrogen) atoms. The minimum Gasteiger partial charge on any atom is -0.497 e. The molecule has 0 aliphatic carbocycles. The van der Waals surface area contributed by atoms with E-state index in [4.69, 9.17) is 13.9 Å². The lowest BCUT2D eigenvalue weighted by Crippen LogP contribution is -2.29.